The largest absolute Gasteiger partial charge is 0.475 e. The molecule has 1 aromatic carbocycles. The summed E-state index contributed by atoms with van der Waals surface area (Å²) in [6, 6.07) is 7.34. The fraction of sp³-hybridized carbons (Fsp3) is 0.450. The van der Waals surface area contributed by atoms with Crippen molar-refractivity contribution in [2.75, 3.05) is 19.6 Å². The van der Waals surface area contributed by atoms with Gasteiger partial charge in [0.2, 0.25) is 11.9 Å². The number of piperidine rings is 1. The van der Waals surface area contributed by atoms with E-state index in [1.165, 1.54) is 0 Å². The van der Waals surface area contributed by atoms with E-state index in [1.54, 1.807) is 4.90 Å². The van der Waals surface area contributed by atoms with Crippen molar-refractivity contribution in [1.29, 1.82) is 5.41 Å². The highest BCUT2D eigenvalue weighted by Gasteiger charge is 2.36. The molecule has 0 bridgehead atoms. The fourth-order valence-corrected chi connectivity index (χ4v) is 3.53. The van der Waals surface area contributed by atoms with Gasteiger partial charge in [-0.05, 0) is 25.3 Å². The molecule has 9 nitrogen and oxygen atoms in total. The lowest BCUT2D eigenvalue weighted by Gasteiger charge is -2.31. The van der Waals surface area contributed by atoms with E-state index in [4.69, 9.17) is 15.4 Å². The number of aliphatic carboxylic acids is 1. The number of amidine groups is 1. The zero-order valence-electron chi connectivity index (χ0n) is 16.2. The number of hydrogen-bond donors (Lipinski definition) is 3. The van der Waals surface area contributed by atoms with Crippen LogP contribution in [0.3, 0.4) is 0 Å². The number of oxime groups is 1. The highest BCUT2D eigenvalue weighted by atomic mass is 16.6. The average Bonchev–Trinajstić information content (AvgIpc) is 3.23. The molecule has 1 amide bonds. The van der Waals surface area contributed by atoms with E-state index in [-0.39, 0.29) is 5.91 Å². The van der Waals surface area contributed by atoms with Crippen LogP contribution >= 0.6 is 0 Å². The van der Waals surface area contributed by atoms with Crippen LogP contribution < -0.4 is 5.32 Å². The summed E-state index contributed by atoms with van der Waals surface area (Å²) in [6.45, 7) is 3.27. The maximum absolute atomic E-state index is 12.7. The molecule has 2 aliphatic rings. The maximum Gasteiger partial charge on any atom is 0.372 e. The van der Waals surface area contributed by atoms with Gasteiger partial charge < -0.3 is 20.2 Å². The molecule has 1 fully saturated rings. The molecule has 0 radical (unpaired) electrons. The number of carboxylic acids is 1. The van der Waals surface area contributed by atoms with Crippen LogP contribution in [0.2, 0.25) is 0 Å². The molecule has 1 unspecified atom stereocenters. The molecule has 0 spiro atoms. The Morgan fingerprint density at radius 3 is 2.48 bits per heavy atom. The number of carbonyl (C=O) groups excluding carboxylic acids is 2. The molecule has 0 aromatic heterocycles. The van der Waals surface area contributed by atoms with Gasteiger partial charge in [-0.1, -0.05) is 29.4 Å². The summed E-state index contributed by atoms with van der Waals surface area (Å²) in [7, 11) is 0. The van der Waals surface area contributed by atoms with E-state index in [2.05, 4.69) is 10.5 Å². The van der Waals surface area contributed by atoms with Crippen molar-refractivity contribution in [2.24, 2.45) is 11.1 Å². The minimum absolute atomic E-state index is 0.199. The second-order valence-electron chi connectivity index (χ2n) is 7.09. The van der Waals surface area contributed by atoms with E-state index >= 15 is 0 Å². The maximum atomic E-state index is 12.7. The monoisotopic (exact) mass is 400 g/mol. The quantitative estimate of drug-likeness (QED) is 0.371. The van der Waals surface area contributed by atoms with Gasteiger partial charge >= 0.3 is 5.97 Å². The topological polar surface area (TPSA) is 132 Å². The van der Waals surface area contributed by atoms with Crippen molar-refractivity contribution in [3.05, 3.63) is 35.4 Å². The second kappa shape index (κ2) is 8.85. The Balaban J connectivity index is 1.54. The summed E-state index contributed by atoms with van der Waals surface area (Å²) in [5, 5.41) is 23.7. The number of carbonyl (C=O) groups is 3. The zero-order chi connectivity index (χ0) is 21.0. The van der Waals surface area contributed by atoms with Crippen LogP contribution in [-0.2, 0) is 19.2 Å². The zero-order valence-corrected chi connectivity index (χ0v) is 16.2. The Morgan fingerprint density at radius 1 is 1.24 bits per heavy atom. The summed E-state index contributed by atoms with van der Waals surface area (Å²) in [4.78, 5) is 42.0. The molecule has 9 heteroatoms. The molecule has 0 aliphatic carbocycles. The number of nitrogens with zero attached hydrogens (tertiary/aromatic N) is 2. The molecule has 1 atom stereocenters. The molecule has 0 saturated carbocycles. The van der Waals surface area contributed by atoms with E-state index < -0.39 is 23.8 Å². The lowest BCUT2D eigenvalue weighted by atomic mass is 9.92. The number of ketones is 1. The van der Waals surface area contributed by atoms with Crippen LogP contribution in [0.5, 0.6) is 0 Å². The standard InChI is InChI=1S/C20H24N4O5/c1-2-22-18(21)14-5-3-12(4-6-14)15-11-16(29-23-15)19(26)24-9-7-13(8-10-24)17(25)20(27)28/h3-6,13,16H,2,7-11H2,1H3,(H2,21,22)(H,27,28). The van der Waals surface area contributed by atoms with Crippen LogP contribution in [0, 0.1) is 11.3 Å². The first-order valence-electron chi connectivity index (χ1n) is 9.62. The third-order valence-electron chi connectivity index (χ3n) is 5.19. The SMILES string of the molecule is CCNC(=N)c1ccc(C2=NOC(C(=O)N3CCC(C(=O)C(=O)O)CC3)C2)cc1. The lowest BCUT2D eigenvalue weighted by molar-refractivity contribution is -0.152. The van der Waals surface area contributed by atoms with E-state index in [0.717, 1.165) is 11.1 Å². The summed E-state index contributed by atoms with van der Waals surface area (Å²) in [5.41, 5.74) is 2.27. The number of benzene rings is 1. The van der Waals surface area contributed by atoms with E-state index in [1.807, 2.05) is 31.2 Å². The summed E-state index contributed by atoms with van der Waals surface area (Å²) < 4.78 is 0. The first-order valence-corrected chi connectivity index (χ1v) is 9.62. The minimum atomic E-state index is -1.42. The van der Waals surface area contributed by atoms with Gasteiger partial charge in [0.05, 0.1) is 5.71 Å². The van der Waals surface area contributed by atoms with Gasteiger partial charge in [-0.3, -0.25) is 15.0 Å². The number of rotatable bonds is 6. The van der Waals surface area contributed by atoms with Crippen molar-refractivity contribution in [3.63, 3.8) is 0 Å². The Hall–Kier alpha value is -3.23. The summed E-state index contributed by atoms with van der Waals surface area (Å²) in [6.07, 6.45) is 0.320. The molecular formula is C20H24N4O5. The van der Waals surface area contributed by atoms with Gasteiger partial charge in [-0.2, -0.15) is 0 Å². The number of amides is 1. The third-order valence-corrected chi connectivity index (χ3v) is 5.19. The molecule has 2 heterocycles. The normalized spacial score (nSPS) is 19.3. The fourth-order valence-electron chi connectivity index (χ4n) is 3.53. The highest BCUT2D eigenvalue weighted by Crippen LogP contribution is 2.23. The molecule has 154 valence electrons. The van der Waals surface area contributed by atoms with Crippen molar-refractivity contribution in [3.8, 4) is 0 Å². The summed E-state index contributed by atoms with van der Waals surface area (Å²) in [5.74, 6) is -2.59. The minimum Gasteiger partial charge on any atom is -0.475 e. The van der Waals surface area contributed by atoms with Gasteiger partial charge in [-0.15, -0.1) is 0 Å². The van der Waals surface area contributed by atoms with Crippen molar-refractivity contribution < 1.29 is 24.3 Å². The van der Waals surface area contributed by atoms with Crippen LogP contribution in [-0.4, -0.2) is 65.0 Å². The molecule has 3 rings (SSSR count). The lowest BCUT2D eigenvalue weighted by Crippen LogP contribution is -2.45. The number of Topliss-reactive ketones (excluding diaryl/α,β-unsaturated/α-hetero) is 1. The molecule has 29 heavy (non-hydrogen) atoms. The van der Waals surface area contributed by atoms with Crippen LogP contribution in [0.15, 0.2) is 29.4 Å². The van der Waals surface area contributed by atoms with E-state index in [9.17, 15) is 14.4 Å². The Kier molecular flexibility index (Phi) is 6.26. The molecule has 2 aliphatic heterocycles. The Bertz CT molecular complexity index is 841. The molecule has 1 aromatic rings. The van der Waals surface area contributed by atoms with Crippen LogP contribution in [0.1, 0.15) is 37.3 Å². The summed E-state index contributed by atoms with van der Waals surface area (Å²) >= 11 is 0. The number of nitrogens with one attached hydrogen (secondary N) is 2. The smallest absolute Gasteiger partial charge is 0.372 e. The van der Waals surface area contributed by atoms with Gasteiger partial charge in [-0.25, -0.2) is 4.79 Å². The average molecular weight is 400 g/mol. The predicted molar refractivity (Wildman–Crippen MR) is 105 cm³/mol. The predicted octanol–water partition coefficient (Wildman–Crippen LogP) is 1.01. The molecule has 3 N–H and O–H groups in total. The van der Waals surface area contributed by atoms with Gasteiger partial charge in [0.15, 0.2) is 0 Å². The number of likely N-dealkylation sites (tertiary alicyclic amines) is 1. The van der Waals surface area contributed by atoms with Crippen molar-refractivity contribution >= 4 is 29.2 Å². The van der Waals surface area contributed by atoms with Gasteiger partial charge in [0.1, 0.15) is 5.84 Å². The Morgan fingerprint density at radius 2 is 1.90 bits per heavy atom. The Labute approximate surface area is 168 Å². The van der Waals surface area contributed by atoms with Crippen LogP contribution in [0.25, 0.3) is 0 Å². The second-order valence-corrected chi connectivity index (χ2v) is 7.09. The van der Waals surface area contributed by atoms with Gasteiger partial charge in [0.25, 0.3) is 5.91 Å². The number of hydrogen-bond acceptors (Lipinski definition) is 6. The number of carboxylic acid groups (broad SMARTS) is 1. The van der Waals surface area contributed by atoms with Crippen molar-refractivity contribution in [1.82, 2.24) is 10.2 Å². The third kappa shape index (κ3) is 4.61. The molecule has 1 saturated heterocycles. The first-order chi connectivity index (χ1) is 13.9. The van der Waals surface area contributed by atoms with E-state index in [0.29, 0.717) is 50.4 Å². The van der Waals surface area contributed by atoms with Gasteiger partial charge in [0, 0.05) is 37.5 Å². The highest BCUT2D eigenvalue weighted by molar-refractivity contribution is 6.33. The van der Waals surface area contributed by atoms with Crippen LogP contribution in [0.4, 0.5) is 0 Å². The van der Waals surface area contributed by atoms with Crippen molar-refractivity contribution in [2.45, 2.75) is 32.3 Å². The first kappa shape index (κ1) is 20.5. The molecular weight excluding hydrogens is 376 g/mol.